The summed E-state index contributed by atoms with van der Waals surface area (Å²) in [6.45, 7) is 3.86. The van der Waals surface area contributed by atoms with Gasteiger partial charge in [0.2, 0.25) is 0 Å². The van der Waals surface area contributed by atoms with E-state index in [1.165, 1.54) is 6.08 Å². The van der Waals surface area contributed by atoms with Crippen LogP contribution in [0, 0.1) is 6.92 Å². The van der Waals surface area contributed by atoms with Gasteiger partial charge in [-0.2, -0.15) is 0 Å². The lowest BCUT2D eigenvalue weighted by Crippen LogP contribution is -2.27. The zero-order valence-electron chi connectivity index (χ0n) is 18.2. The van der Waals surface area contributed by atoms with Crippen molar-refractivity contribution in [2.75, 3.05) is 11.8 Å². The molecule has 0 saturated heterocycles. The van der Waals surface area contributed by atoms with E-state index in [0.717, 1.165) is 22.1 Å². The largest absolute Gasteiger partial charge is 0.496 e. The van der Waals surface area contributed by atoms with Crippen molar-refractivity contribution in [2.45, 2.75) is 19.9 Å². The summed E-state index contributed by atoms with van der Waals surface area (Å²) < 4.78 is 32.5. The van der Waals surface area contributed by atoms with E-state index in [1.54, 1.807) is 31.4 Å². The van der Waals surface area contributed by atoms with Crippen LogP contribution in [0.25, 0.3) is 6.08 Å². The Balaban J connectivity index is 1.65. The second-order valence-electron chi connectivity index (χ2n) is 7.38. The molecule has 0 aliphatic rings. The second-order valence-corrected chi connectivity index (χ2v) is 8.94. The van der Waals surface area contributed by atoms with Gasteiger partial charge in [0.15, 0.2) is 0 Å². The van der Waals surface area contributed by atoms with Crippen molar-refractivity contribution in [2.24, 2.45) is 0 Å². The van der Waals surface area contributed by atoms with Crippen molar-refractivity contribution >= 4 is 27.7 Å². The zero-order valence-corrected chi connectivity index (χ0v) is 19.0. The number of carbonyl (C=O) groups is 1. The van der Waals surface area contributed by atoms with Crippen molar-refractivity contribution in [1.29, 1.82) is 0 Å². The maximum atomic E-state index is 12.7. The molecular weight excluding hydrogens is 424 g/mol. The maximum Gasteiger partial charge on any atom is 0.255 e. The number of hydrogen-bond acceptors (Lipinski definition) is 4. The number of benzene rings is 3. The van der Waals surface area contributed by atoms with Crippen LogP contribution in [0.3, 0.4) is 0 Å². The topological polar surface area (TPSA) is 84.5 Å². The summed E-state index contributed by atoms with van der Waals surface area (Å²) in [5.74, 6) is 0.441. The number of sulfonamides is 1. The molecule has 3 aromatic carbocycles. The Kier molecular flexibility index (Phi) is 7.33. The monoisotopic (exact) mass is 450 g/mol. The lowest BCUT2D eigenvalue weighted by Gasteiger charge is -2.18. The van der Waals surface area contributed by atoms with Crippen LogP contribution < -0.4 is 14.8 Å². The number of ether oxygens (including phenoxy) is 1. The van der Waals surface area contributed by atoms with E-state index < -0.39 is 10.0 Å². The molecule has 6 nitrogen and oxygen atoms in total. The molecule has 0 aromatic heterocycles. The minimum Gasteiger partial charge on any atom is -0.496 e. The van der Waals surface area contributed by atoms with Gasteiger partial charge in [-0.1, -0.05) is 48.0 Å². The standard InChI is InChI=1S/C25H26N2O4S/c1-18-9-14-24(31-3)23(17-18)19(2)26-25(28)21-10-12-22(13-11-21)27-32(29,30)16-15-20-7-5-4-6-8-20/h4-17,19,27H,1-3H3,(H,26,28)/b16-15+. The van der Waals surface area contributed by atoms with Gasteiger partial charge in [0.05, 0.1) is 18.6 Å². The van der Waals surface area contributed by atoms with Crippen molar-refractivity contribution in [3.05, 3.63) is 100 Å². The SMILES string of the molecule is COc1ccc(C)cc1C(C)NC(=O)c1ccc(NS(=O)(=O)/C=C/c2ccccc2)cc1. The molecule has 166 valence electrons. The zero-order chi connectivity index (χ0) is 23.1. The molecule has 1 unspecified atom stereocenters. The number of amides is 1. The molecule has 2 N–H and O–H groups in total. The smallest absolute Gasteiger partial charge is 0.255 e. The summed E-state index contributed by atoms with van der Waals surface area (Å²) in [6, 6.07) is 21.0. The quantitative estimate of drug-likeness (QED) is 0.511. The minimum atomic E-state index is -3.68. The summed E-state index contributed by atoms with van der Waals surface area (Å²) >= 11 is 0. The first-order valence-corrected chi connectivity index (χ1v) is 11.6. The van der Waals surface area contributed by atoms with Crippen molar-refractivity contribution in [3.8, 4) is 5.75 Å². The third-order valence-electron chi connectivity index (χ3n) is 4.85. The summed E-state index contributed by atoms with van der Waals surface area (Å²) in [5, 5.41) is 4.06. The predicted octanol–water partition coefficient (Wildman–Crippen LogP) is 4.91. The van der Waals surface area contributed by atoms with Gasteiger partial charge in [-0.15, -0.1) is 0 Å². The molecule has 0 spiro atoms. The lowest BCUT2D eigenvalue weighted by atomic mass is 10.0. The average Bonchev–Trinajstić information content (AvgIpc) is 2.78. The molecule has 1 amide bonds. The van der Waals surface area contributed by atoms with E-state index in [4.69, 9.17) is 4.74 Å². The highest BCUT2D eigenvalue weighted by Crippen LogP contribution is 2.26. The van der Waals surface area contributed by atoms with Crippen molar-refractivity contribution < 1.29 is 17.9 Å². The van der Waals surface area contributed by atoms with Crippen LogP contribution in [0.2, 0.25) is 0 Å². The Morgan fingerprint density at radius 1 is 1.00 bits per heavy atom. The van der Waals surface area contributed by atoms with E-state index >= 15 is 0 Å². The fourth-order valence-electron chi connectivity index (χ4n) is 3.17. The average molecular weight is 451 g/mol. The molecule has 0 bridgehead atoms. The fourth-order valence-corrected chi connectivity index (χ4v) is 4.04. The van der Waals surface area contributed by atoms with Crippen molar-refractivity contribution in [3.63, 3.8) is 0 Å². The number of methoxy groups -OCH3 is 1. The third-order valence-corrected chi connectivity index (χ3v) is 5.86. The second kappa shape index (κ2) is 10.2. The highest BCUT2D eigenvalue weighted by atomic mass is 32.2. The van der Waals surface area contributed by atoms with Crippen LogP contribution in [-0.2, 0) is 10.0 Å². The predicted molar refractivity (Wildman–Crippen MR) is 128 cm³/mol. The lowest BCUT2D eigenvalue weighted by molar-refractivity contribution is 0.0939. The van der Waals surface area contributed by atoms with E-state index in [2.05, 4.69) is 10.0 Å². The minimum absolute atomic E-state index is 0.264. The van der Waals surface area contributed by atoms with Gasteiger partial charge in [0.25, 0.3) is 15.9 Å². The number of rotatable bonds is 8. The van der Waals surface area contributed by atoms with Gasteiger partial charge in [0, 0.05) is 16.8 Å². The number of carbonyl (C=O) groups excluding carboxylic acids is 1. The summed E-state index contributed by atoms with van der Waals surface area (Å²) in [4.78, 5) is 12.7. The number of hydrogen-bond donors (Lipinski definition) is 2. The number of aryl methyl sites for hydroxylation is 1. The van der Waals surface area contributed by atoms with Crippen LogP contribution in [0.5, 0.6) is 5.75 Å². The van der Waals surface area contributed by atoms with Gasteiger partial charge in [-0.3, -0.25) is 9.52 Å². The molecule has 0 heterocycles. The van der Waals surface area contributed by atoms with Crippen LogP contribution in [-0.4, -0.2) is 21.4 Å². The number of nitrogens with one attached hydrogen (secondary N) is 2. The van der Waals surface area contributed by atoms with Crippen LogP contribution in [0.4, 0.5) is 5.69 Å². The van der Waals surface area contributed by atoms with E-state index in [0.29, 0.717) is 17.0 Å². The maximum absolute atomic E-state index is 12.7. The van der Waals surface area contributed by atoms with Gasteiger partial charge in [-0.05, 0) is 55.8 Å². The van der Waals surface area contributed by atoms with E-state index in [1.807, 2.05) is 62.4 Å². The molecule has 3 rings (SSSR count). The Morgan fingerprint density at radius 2 is 1.69 bits per heavy atom. The van der Waals surface area contributed by atoms with E-state index in [9.17, 15) is 13.2 Å². The molecule has 0 aliphatic carbocycles. The Bertz CT molecular complexity index is 1200. The fraction of sp³-hybridized carbons (Fsp3) is 0.160. The number of anilines is 1. The Morgan fingerprint density at radius 3 is 2.34 bits per heavy atom. The van der Waals surface area contributed by atoms with Gasteiger partial charge >= 0.3 is 0 Å². The first-order chi connectivity index (χ1) is 15.3. The van der Waals surface area contributed by atoms with Crippen LogP contribution >= 0.6 is 0 Å². The molecule has 0 saturated carbocycles. The molecule has 1 atom stereocenters. The van der Waals surface area contributed by atoms with Gasteiger partial charge in [0.1, 0.15) is 5.75 Å². The van der Waals surface area contributed by atoms with Gasteiger partial charge in [-0.25, -0.2) is 8.42 Å². The third kappa shape index (κ3) is 6.21. The molecule has 7 heteroatoms. The first kappa shape index (κ1) is 23.1. The van der Waals surface area contributed by atoms with Gasteiger partial charge < -0.3 is 10.1 Å². The van der Waals surface area contributed by atoms with E-state index in [-0.39, 0.29) is 11.9 Å². The molecule has 32 heavy (non-hydrogen) atoms. The summed E-state index contributed by atoms with van der Waals surface area (Å²) in [5.41, 5.74) is 3.53. The van der Waals surface area contributed by atoms with Crippen molar-refractivity contribution in [1.82, 2.24) is 5.32 Å². The molecule has 3 aromatic rings. The molecule has 0 aliphatic heterocycles. The summed E-state index contributed by atoms with van der Waals surface area (Å²) in [7, 11) is -2.08. The normalized spacial score (nSPS) is 12.3. The Labute approximate surface area is 189 Å². The highest BCUT2D eigenvalue weighted by molar-refractivity contribution is 7.95. The molecule has 0 radical (unpaired) electrons. The summed E-state index contributed by atoms with van der Waals surface area (Å²) in [6.07, 6.45) is 1.52. The highest BCUT2D eigenvalue weighted by Gasteiger charge is 2.16. The molecule has 0 fully saturated rings. The Hall–Kier alpha value is -3.58. The van der Waals surface area contributed by atoms with Crippen LogP contribution in [0.15, 0.2) is 78.2 Å². The van der Waals surface area contributed by atoms with Crippen LogP contribution in [0.1, 0.15) is 40.0 Å². The first-order valence-electron chi connectivity index (χ1n) is 10.1. The molecular formula is C25H26N2O4S.